The molecule has 0 unspecified atom stereocenters. The molecule has 0 aromatic heterocycles. The van der Waals surface area contributed by atoms with Crippen LogP contribution in [0.5, 0.6) is 0 Å². The predicted octanol–water partition coefficient (Wildman–Crippen LogP) is 4.10. The molecule has 0 radical (unpaired) electrons. The normalized spacial score (nSPS) is 17.2. The molecule has 1 aliphatic heterocycles. The fourth-order valence-electron chi connectivity index (χ4n) is 5.29. The summed E-state index contributed by atoms with van der Waals surface area (Å²) in [4.78, 5) is 17.8. The second-order valence-corrected chi connectivity index (χ2v) is 11.1. The highest BCUT2D eigenvalue weighted by Crippen LogP contribution is 2.23. The lowest BCUT2D eigenvalue weighted by atomic mass is 10.0. The first-order valence-electron chi connectivity index (χ1n) is 13.5. The Hall–Kier alpha value is -2.19. The van der Waals surface area contributed by atoms with Crippen molar-refractivity contribution in [3.63, 3.8) is 0 Å². The summed E-state index contributed by atoms with van der Waals surface area (Å²) in [7, 11) is 0. The molecule has 2 atom stereocenters. The summed E-state index contributed by atoms with van der Waals surface area (Å²) in [6.07, 6.45) is 3.12. The number of amides is 1. The van der Waals surface area contributed by atoms with E-state index in [9.17, 15) is 4.79 Å². The number of carbonyl (C=O) groups excluding carboxylic acids is 1. The molecule has 1 aliphatic rings. The number of fused-ring (bicyclic) bond motifs is 1. The lowest BCUT2D eigenvalue weighted by Gasteiger charge is -2.42. The number of rotatable bonds is 12. The lowest BCUT2D eigenvalue weighted by Crippen LogP contribution is -2.57. The number of benzene rings is 3. The van der Waals surface area contributed by atoms with Crippen molar-refractivity contribution >= 4 is 39.9 Å². The largest absolute Gasteiger partial charge is 0.340 e. The van der Waals surface area contributed by atoms with Gasteiger partial charge in [-0.1, -0.05) is 71.7 Å². The third-order valence-electron chi connectivity index (χ3n) is 7.30. The highest BCUT2D eigenvalue weighted by molar-refractivity contribution is 6.35. The first kappa shape index (κ1) is 28.8. The number of halogens is 2. The average Bonchev–Trinajstić information content (AvgIpc) is 2.91. The number of hydrogen-bond acceptors (Lipinski definition) is 5. The van der Waals surface area contributed by atoms with E-state index < -0.39 is 0 Å². The molecule has 0 aliphatic carbocycles. The number of carbonyl (C=O) groups is 1. The summed E-state index contributed by atoms with van der Waals surface area (Å²) < 4.78 is 0. The summed E-state index contributed by atoms with van der Waals surface area (Å²) in [5.74, 6) is 0.184. The third-order valence-corrected chi connectivity index (χ3v) is 7.89. The summed E-state index contributed by atoms with van der Waals surface area (Å²) in [6.45, 7) is 5.37. The SMILES string of the molecule is NCCNCCC[C@H]1CN(C(=O)Cc2ccc3ccccc3c2)CCN1C[C@H](N)Cc1ccc(Cl)cc1Cl. The zero-order valence-corrected chi connectivity index (χ0v) is 23.4. The van der Waals surface area contributed by atoms with Crippen LogP contribution in [0.4, 0.5) is 0 Å². The summed E-state index contributed by atoms with van der Waals surface area (Å²) in [5.41, 5.74) is 14.3. The molecule has 3 aromatic rings. The maximum atomic E-state index is 13.3. The predicted molar refractivity (Wildman–Crippen MR) is 159 cm³/mol. The van der Waals surface area contributed by atoms with Crippen LogP contribution in [-0.4, -0.2) is 73.6 Å². The molecule has 1 heterocycles. The van der Waals surface area contributed by atoms with Crippen LogP contribution in [0.1, 0.15) is 24.0 Å². The Morgan fingerprint density at radius 1 is 1.03 bits per heavy atom. The minimum absolute atomic E-state index is 0.0635. The van der Waals surface area contributed by atoms with Crippen LogP contribution in [0.15, 0.2) is 60.7 Å². The van der Waals surface area contributed by atoms with Crippen molar-refractivity contribution < 1.29 is 4.79 Å². The van der Waals surface area contributed by atoms with Crippen molar-refractivity contribution in [2.75, 3.05) is 45.8 Å². The Bertz CT molecular complexity index is 1210. The van der Waals surface area contributed by atoms with Crippen LogP contribution in [0.3, 0.4) is 0 Å². The van der Waals surface area contributed by atoms with E-state index >= 15 is 0 Å². The molecule has 1 fully saturated rings. The van der Waals surface area contributed by atoms with Crippen molar-refractivity contribution in [2.45, 2.75) is 37.8 Å². The highest BCUT2D eigenvalue weighted by Gasteiger charge is 2.30. The van der Waals surface area contributed by atoms with Gasteiger partial charge in [-0.3, -0.25) is 9.69 Å². The molecular formula is C30H39Cl2N5O. The highest BCUT2D eigenvalue weighted by atomic mass is 35.5. The van der Waals surface area contributed by atoms with Gasteiger partial charge in [-0.15, -0.1) is 0 Å². The summed E-state index contributed by atoms with van der Waals surface area (Å²) in [5, 5.41) is 7.02. The zero-order valence-electron chi connectivity index (χ0n) is 21.9. The van der Waals surface area contributed by atoms with E-state index in [2.05, 4.69) is 40.5 Å². The Labute approximate surface area is 236 Å². The number of hydrogen-bond donors (Lipinski definition) is 3. The number of nitrogens with two attached hydrogens (primary N) is 2. The number of piperazine rings is 1. The minimum atomic E-state index is -0.0635. The van der Waals surface area contributed by atoms with Crippen molar-refractivity contribution in [2.24, 2.45) is 11.5 Å². The smallest absolute Gasteiger partial charge is 0.227 e. The van der Waals surface area contributed by atoms with E-state index in [0.29, 0.717) is 36.0 Å². The first-order chi connectivity index (χ1) is 18.4. The van der Waals surface area contributed by atoms with Gasteiger partial charge in [0.1, 0.15) is 0 Å². The zero-order chi connectivity index (χ0) is 26.9. The standard InChI is InChI=1S/C30H39Cl2N5O/c31-26-10-9-25(29(32)19-26)18-27(34)20-36-14-15-37(21-28(36)6-3-12-35-13-11-33)30(38)17-22-7-8-23-4-1-2-5-24(23)16-22/h1-2,4-5,7-10,16,19,27-28,35H,3,6,11-15,17-18,20-21,33-34H2/t27-,28+/m1/s1. The molecule has 38 heavy (non-hydrogen) atoms. The second kappa shape index (κ2) is 14.3. The quantitative estimate of drug-likeness (QED) is 0.293. The van der Waals surface area contributed by atoms with E-state index in [4.69, 9.17) is 34.7 Å². The molecule has 0 saturated carbocycles. The van der Waals surface area contributed by atoms with Crippen molar-refractivity contribution in [1.82, 2.24) is 15.1 Å². The van der Waals surface area contributed by atoms with Crippen LogP contribution in [0, 0.1) is 0 Å². The van der Waals surface area contributed by atoms with Crippen molar-refractivity contribution in [1.29, 1.82) is 0 Å². The van der Waals surface area contributed by atoms with Crippen molar-refractivity contribution in [3.05, 3.63) is 81.8 Å². The molecular weight excluding hydrogens is 517 g/mol. The van der Waals surface area contributed by atoms with Gasteiger partial charge in [0.2, 0.25) is 5.91 Å². The topological polar surface area (TPSA) is 87.6 Å². The molecule has 5 N–H and O–H groups in total. The van der Waals surface area contributed by atoms with Crippen LogP contribution in [-0.2, 0) is 17.6 Å². The molecule has 204 valence electrons. The van der Waals surface area contributed by atoms with Crippen LogP contribution in [0.25, 0.3) is 10.8 Å². The van der Waals surface area contributed by atoms with Gasteiger partial charge in [-0.05, 0) is 59.8 Å². The van der Waals surface area contributed by atoms with Gasteiger partial charge in [0, 0.05) is 61.4 Å². The van der Waals surface area contributed by atoms with Crippen LogP contribution >= 0.6 is 23.2 Å². The van der Waals surface area contributed by atoms with Gasteiger partial charge in [-0.2, -0.15) is 0 Å². The van der Waals surface area contributed by atoms with Gasteiger partial charge in [0.25, 0.3) is 0 Å². The van der Waals surface area contributed by atoms with E-state index in [1.54, 1.807) is 6.07 Å². The maximum Gasteiger partial charge on any atom is 0.227 e. The second-order valence-electron chi connectivity index (χ2n) is 10.2. The Morgan fingerprint density at radius 3 is 2.63 bits per heavy atom. The Morgan fingerprint density at radius 2 is 1.84 bits per heavy atom. The fourth-order valence-corrected chi connectivity index (χ4v) is 5.78. The van der Waals surface area contributed by atoms with E-state index in [0.717, 1.165) is 56.7 Å². The molecule has 4 rings (SSSR count). The summed E-state index contributed by atoms with van der Waals surface area (Å²) in [6, 6.07) is 20.3. The Balaban J connectivity index is 1.37. The monoisotopic (exact) mass is 555 g/mol. The maximum absolute atomic E-state index is 13.3. The van der Waals surface area contributed by atoms with Crippen LogP contribution < -0.4 is 16.8 Å². The van der Waals surface area contributed by atoms with Crippen LogP contribution in [0.2, 0.25) is 10.0 Å². The molecule has 0 bridgehead atoms. The molecule has 1 saturated heterocycles. The number of nitrogens with zero attached hydrogens (tertiary/aromatic N) is 2. The minimum Gasteiger partial charge on any atom is -0.340 e. The van der Waals surface area contributed by atoms with E-state index in [1.807, 2.05) is 29.2 Å². The first-order valence-corrected chi connectivity index (χ1v) is 14.3. The average molecular weight is 557 g/mol. The van der Waals surface area contributed by atoms with Gasteiger partial charge in [0.15, 0.2) is 0 Å². The van der Waals surface area contributed by atoms with Gasteiger partial charge >= 0.3 is 0 Å². The Kier molecular flexibility index (Phi) is 10.8. The van der Waals surface area contributed by atoms with Crippen molar-refractivity contribution in [3.8, 4) is 0 Å². The van der Waals surface area contributed by atoms with E-state index in [-0.39, 0.29) is 18.0 Å². The molecule has 6 nitrogen and oxygen atoms in total. The van der Waals surface area contributed by atoms with Gasteiger partial charge in [-0.25, -0.2) is 0 Å². The molecule has 3 aromatic carbocycles. The fraction of sp³-hybridized carbons (Fsp3) is 0.433. The third kappa shape index (κ3) is 8.15. The molecule has 1 amide bonds. The summed E-state index contributed by atoms with van der Waals surface area (Å²) >= 11 is 12.5. The number of nitrogens with one attached hydrogen (secondary N) is 1. The molecule has 8 heteroatoms. The van der Waals surface area contributed by atoms with Gasteiger partial charge < -0.3 is 21.7 Å². The van der Waals surface area contributed by atoms with Gasteiger partial charge in [0.05, 0.1) is 6.42 Å². The van der Waals surface area contributed by atoms with E-state index in [1.165, 1.54) is 10.8 Å². The molecule has 0 spiro atoms. The lowest BCUT2D eigenvalue weighted by molar-refractivity contribution is -0.133.